The highest BCUT2D eigenvalue weighted by Crippen LogP contribution is 2.41. The third kappa shape index (κ3) is 1.18. The summed E-state index contributed by atoms with van der Waals surface area (Å²) in [5, 5.41) is 2.70. The van der Waals surface area contributed by atoms with Crippen molar-refractivity contribution in [2.75, 3.05) is 0 Å². The predicted molar refractivity (Wildman–Crippen MR) is 66.0 cm³/mol. The fourth-order valence-electron chi connectivity index (χ4n) is 2.87. The molecule has 0 bridgehead atoms. The number of aromatic nitrogens is 1. The van der Waals surface area contributed by atoms with Crippen LogP contribution in [0.15, 0.2) is 53.3 Å². The van der Waals surface area contributed by atoms with Gasteiger partial charge in [0.05, 0.1) is 12.1 Å². The van der Waals surface area contributed by atoms with E-state index in [0.29, 0.717) is 0 Å². The first kappa shape index (κ1) is 8.99. The van der Waals surface area contributed by atoms with Gasteiger partial charge in [-0.3, -0.25) is 0 Å². The Kier molecular flexibility index (Phi) is 1.69. The minimum atomic E-state index is 0.283. The first-order chi connectivity index (χ1) is 8.43. The molecule has 1 aliphatic carbocycles. The van der Waals surface area contributed by atoms with E-state index in [2.05, 4.69) is 41.4 Å². The van der Waals surface area contributed by atoms with E-state index in [4.69, 9.17) is 4.42 Å². The van der Waals surface area contributed by atoms with Gasteiger partial charge in [-0.2, -0.15) is 0 Å². The maximum Gasteiger partial charge on any atom is 0.201 e. The van der Waals surface area contributed by atoms with E-state index in [-0.39, 0.29) is 5.92 Å². The molecule has 2 aromatic carbocycles. The van der Waals surface area contributed by atoms with Gasteiger partial charge >= 0.3 is 0 Å². The van der Waals surface area contributed by atoms with Crippen LogP contribution in [0.25, 0.3) is 10.8 Å². The van der Waals surface area contributed by atoms with Crippen molar-refractivity contribution in [2.24, 2.45) is 0 Å². The van der Waals surface area contributed by atoms with Gasteiger partial charge in [-0.25, -0.2) is 4.98 Å². The van der Waals surface area contributed by atoms with Crippen molar-refractivity contribution in [3.8, 4) is 0 Å². The van der Waals surface area contributed by atoms with Crippen molar-refractivity contribution < 1.29 is 4.42 Å². The molecule has 3 aromatic rings. The van der Waals surface area contributed by atoms with Gasteiger partial charge in [-0.05, 0) is 28.3 Å². The number of hydrogen-bond acceptors (Lipinski definition) is 2. The first-order valence-corrected chi connectivity index (χ1v) is 5.83. The van der Waals surface area contributed by atoms with Crippen LogP contribution in [0.3, 0.4) is 0 Å². The molecule has 0 radical (unpaired) electrons. The van der Waals surface area contributed by atoms with Crippen molar-refractivity contribution in [3.05, 3.63) is 65.9 Å². The Morgan fingerprint density at radius 3 is 2.82 bits per heavy atom. The molecular formula is C15H11NO. The minimum absolute atomic E-state index is 0.283. The molecule has 1 aliphatic rings. The van der Waals surface area contributed by atoms with Gasteiger partial charge < -0.3 is 4.42 Å². The lowest BCUT2D eigenvalue weighted by atomic mass is 10.00. The van der Waals surface area contributed by atoms with Gasteiger partial charge in [0, 0.05) is 0 Å². The summed E-state index contributed by atoms with van der Waals surface area (Å²) in [6, 6.07) is 13.0. The zero-order valence-electron chi connectivity index (χ0n) is 9.26. The van der Waals surface area contributed by atoms with E-state index >= 15 is 0 Å². The topological polar surface area (TPSA) is 26.0 Å². The smallest absolute Gasteiger partial charge is 0.201 e. The number of rotatable bonds is 1. The number of oxazole rings is 1. The third-order valence-corrected chi connectivity index (χ3v) is 3.57. The van der Waals surface area contributed by atoms with Gasteiger partial charge in [0.1, 0.15) is 6.26 Å². The molecule has 1 unspecified atom stereocenters. The van der Waals surface area contributed by atoms with E-state index < -0.39 is 0 Å². The standard InChI is InChI=1S/C15H11NO/c1-3-10-4-2-6-12-13(15-16-7-8-17-15)9-11(5-1)14(10)12/h1-8,13H,9H2. The molecule has 1 aromatic heterocycles. The Morgan fingerprint density at radius 2 is 2.00 bits per heavy atom. The quantitative estimate of drug-likeness (QED) is 0.628. The van der Waals surface area contributed by atoms with Crippen LogP contribution in [0.4, 0.5) is 0 Å². The van der Waals surface area contributed by atoms with Crippen LogP contribution in [0, 0.1) is 0 Å². The summed E-state index contributed by atoms with van der Waals surface area (Å²) in [5.74, 6) is 1.11. The molecule has 1 heterocycles. The summed E-state index contributed by atoms with van der Waals surface area (Å²) in [4.78, 5) is 4.30. The largest absolute Gasteiger partial charge is 0.448 e. The lowest BCUT2D eigenvalue weighted by molar-refractivity contribution is 0.473. The molecule has 0 spiro atoms. The predicted octanol–water partition coefficient (Wildman–Crippen LogP) is 3.52. The van der Waals surface area contributed by atoms with Crippen molar-refractivity contribution in [1.29, 1.82) is 0 Å². The van der Waals surface area contributed by atoms with Gasteiger partial charge in [0.15, 0.2) is 0 Å². The highest BCUT2D eigenvalue weighted by Gasteiger charge is 2.28. The van der Waals surface area contributed by atoms with E-state index in [0.717, 1.165) is 12.3 Å². The van der Waals surface area contributed by atoms with Crippen LogP contribution in [0.5, 0.6) is 0 Å². The van der Waals surface area contributed by atoms with Gasteiger partial charge in [-0.1, -0.05) is 36.4 Å². The Labute approximate surface area is 98.9 Å². The van der Waals surface area contributed by atoms with E-state index in [1.807, 2.05) is 0 Å². The lowest BCUT2D eigenvalue weighted by Crippen LogP contribution is -1.98. The minimum Gasteiger partial charge on any atom is -0.448 e. The second-order valence-corrected chi connectivity index (χ2v) is 4.49. The average Bonchev–Trinajstić information content (AvgIpc) is 2.98. The monoisotopic (exact) mass is 221 g/mol. The fraction of sp³-hybridized carbons (Fsp3) is 0.133. The Morgan fingerprint density at radius 1 is 1.12 bits per heavy atom. The molecule has 0 saturated carbocycles. The molecule has 82 valence electrons. The summed E-state index contributed by atoms with van der Waals surface area (Å²) in [6.07, 6.45) is 4.37. The van der Waals surface area contributed by atoms with Gasteiger partial charge in [0.2, 0.25) is 5.89 Å². The lowest BCUT2D eigenvalue weighted by Gasteiger charge is -2.06. The molecule has 0 fully saturated rings. The van der Waals surface area contributed by atoms with E-state index in [9.17, 15) is 0 Å². The molecule has 17 heavy (non-hydrogen) atoms. The fourth-order valence-corrected chi connectivity index (χ4v) is 2.87. The molecule has 1 atom stereocenters. The summed E-state index contributed by atoms with van der Waals surface area (Å²) in [7, 11) is 0. The number of benzene rings is 2. The maximum atomic E-state index is 5.47. The molecule has 0 aliphatic heterocycles. The second-order valence-electron chi connectivity index (χ2n) is 4.49. The normalized spacial score (nSPS) is 17.8. The Bertz CT molecular complexity index is 680. The van der Waals surface area contributed by atoms with Crippen LogP contribution in [0.2, 0.25) is 0 Å². The van der Waals surface area contributed by atoms with Crippen LogP contribution < -0.4 is 0 Å². The summed E-state index contributed by atoms with van der Waals surface area (Å²) in [6.45, 7) is 0. The number of hydrogen-bond donors (Lipinski definition) is 0. The maximum absolute atomic E-state index is 5.47. The highest BCUT2D eigenvalue weighted by atomic mass is 16.3. The van der Waals surface area contributed by atoms with Crippen LogP contribution >= 0.6 is 0 Å². The SMILES string of the molecule is c1cc2c3c(cccc3c1)C(c1ncco1)C2. The molecule has 2 heteroatoms. The third-order valence-electron chi connectivity index (χ3n) is 3.57. The van der Waals surface area contributed by atoms with Crippen molar-refractivity contribution in [1.82, 2.24) is 4.98 Å². The summed E-state index contributed by atoms with van der Waals surface area (Å²) in [5.41, 5.74) is 2.75. The van der Waals surface area contributed by atoms with Crippen molar-refractivity contribution in [2.45, 2.75) is 12.3 Å². The van der Waals surface area contributed by atoms with Crippen LogP contribution in [0.1, 0.15) is 22.9 Å². The van der Waals surface area contributed by atoms with Crippen molar-refractivity contribution >= 4 is 10.8 Å². The molecular weight excluding hydrogens is 210 g/mol. The second kappa shape index (κ2) is 3.20. The average molecular weight is 221 g/mol. The van der Waals surface area contributed by atoms with E-state index in [1.54, 1.807) is 12.5 Å². The van der Waals surface area contributed by atoms with Crippen LogP contribution in [-0.2, 0) is 6.42 Å². The molecule has 4 rings (SSSR count). The molecule has 0 N–H and O–H groups in total. The molecule has 0 saturated heterocycles. The number of nitrogens with zero attached hydrogens (tertiary/aromatic N) is 1. The zero-order valence-corrected chi connectivity index (χ0v) is 9.26. The Balaban J connectivity index is 2.01. The first-order valence-electron chi connectivity index (χ1n) is 5.83. The highest BCUT2D eigenvalue weighted by molar-refractivity contribution is 5.91. The Hall–Kier alpha value is -2.09. The molecule has 0 amide bonds. The molecule has 2 nitrogen and oxygen atoms in total. The van der Waals surface area contributed by atoms with E-state index in [1.165, 1.54) is 21.9 Å². The van der Waals surface area contributed by atoms with Crippen molar-refractivity contribution in [3.63, 3.8) is 0 Å². The summed E-state index contributed by atoms with van der Waals surface area (Å²) < 4.78 is 5.47. The van der Waals surface area contributed by atoms with Gasteiger partial charge in [0.25, 0.3) is 0 Å². The van der Waals surface area contributed by atoms with Crippen LogP contribution in [-0.4, -0.2) is 4.98 Å². The van der Waals surface area contributed by atoms with Gasteiger partial charge in [-0.15, -0.1) is 0 Å². The summed E-state index contributed by atoms with van der Waals surface area (Å²) >= 11 is 0. The zero-order chi connectivity index (χ0) is 11.2.